The minimum atomic E-state index is -5.08. The molecule has 2 rings (SSSR count). The van der Waals surface area contributed by atoms with Crippen LogP contribution >= 0.6 is 0 Å². The fourth-order valence-electron chi connectivity index (χ4n) is 1.70. The van der Waals surface area contributed by atoms with E-state index in [1.54, 1.807) is 30.5 Å². The first kappa shape index (κ1) is 21.7. The Labute approximate surface area is 151 Å². The van der Waals surface area contributed by atoms with Crippen LogP contribution in [0.2, 0.25) is 0 Å². The number of nitrogens with one attached hydrogen (secondary N) is 1. The van der Waals surface area contributed by atoms with Crippen molar-refractivity contribution in [1.82, 2.24) is 14.9 Å². The Kier molecular flexibility index (Phi) is 7.51. The molecule has 146 valence electrons. The van der Waals surface area contributed by atoms with Gasteiger partial charge in [-0.3, -0.25) is 4.79 Å². The third-order valence-electron chi connectivity index (χ3n) is 3.14. The molecule has 1 aromatic carbocycles. The minimum absolute atomic E-state index is 0.218. The summed E-state index contributed by atoms with van der Waals surface area (Å²) in [6.07, 6.45) is -1.60. The summed E-state index contributed by atoms with van der Waals surface area (Å²) in [6, 6.07) is 6.28. The van der Waals surface area contributed by atoms with E-state index in [1.165, 1.54) is 7.11 Å². The molecule has 0 saturated heterocycles. The molecule has 0 aliphatic carbocycles. The average molecular weight is 387 g/mol. The van der Waals surface area contributed by atoms with Crippen LogP contribution in [0.25, 0.3) is 0 Å². The molecule has 0 unspecified atom stereocenters. The third-order valence-corrected chi connectivity index (χ3v) is 3.14. The van der Waals surface area contributed by atoms with Crippen molar-refractivity contribution >= 4 is 17.8 Å². The fraction of sp³-hybridized carbons (Fsp3) is 0.250. The first-order valence-corrected chi connectivity index (χ1v) is 7.29. The first-order chi connectivity index (χ1) is 12.6. The van der Waals surface area contributed by atoms with Gasteiger partial charge in [0.25, 0.3) is 5.91 Å². The van der Waals surface area contributed by atoms with Crippen molar-refractivity contribution in [3.05, 3.63) is 53.6 Å². The quantitative estimate of drug-likeness (QED) is 0.774. The van der Waals surface area contributed by atoms with Crippen LogP contribution < -0.4 is 5.32 Å². The lowest BCUT2D eigenvalue weighted by Gasteiger charge is -2.06. The molecule has 0 atom stereocenters. The smallest absolute Gasteiger partial charge is 0.475 e. The average Bonchev–Trinajstić information content (AvgIpc) is 3.03. The zero-order valence-corrected chi connectivity index (χ0v) is 14.3. The highest BCUT2D eigenvalue weighted by Crippen LogP contribution is 2.13. The number of carboxylic acids is 1. The Morgan fingerprint density at radius 2 is 1.70 bits per heavy atom. The number of amides is 1. The van der Waals surface area contributed by atoms with E-state index < -0.39 is 18.1 Å². The monoisotopic (exact) mass is 387 g/mol. The van der Waals surface area contributed by atoms with Gasteiger partial charge in [0, 0.05) is 25.0 Å². The maximum Gasteiger partial charge on any atom is 0.490 e. The van der Waals surface area contributed by atoms with Crippen LogP contribution in [-0.2, 0) is 23.1 Å². The zero-order chi connectivity index (χ0) is 20.6. The van der Waals surface area contributed by atoms with Crippen LogP contribution in [0.15, 0.2) is 36.7 Å². The van der Waals surface area contributed by atoms with E-state index in [4.69, 9.17) is 9.90 Å². The molecule has 0 spiro atoms. The van der Waals surface area contributed by atoms with Crippen molar-refractivity contribution in [3.63, 3.8) is 0 Å². The van der Waals surface area contributed by atoms with E-state index in [-0.39, 0.29) is 5.91 Å². The second-order valence-corrected chi connectivity index (χ2v) is 5.01. The number of nitrogens with zero attached hydrogens (tertiary/aromatic N) is 2. The van der Waals surface area contributed by atoms with Gasteiger partial charge in [-0.05, 0) is 24.3 Å². The van der Waals surface area contributed by atoms with Crippen LogP contribution in [0.3, 0.4) is 0 Å². The van der Waals surface area contributed by atoms with Crippen LogP contribution in [-0.4, -0.2) is 45.8 Å². The van der Waals surface area contributed by atoms with Crippen LogP contribution in [0, 0.1) is 0 Å². The van der Waals surface area contributed by atoms with E-state index in [2.05, 4.69) is 15.0 Å². The summed E-state index contributed by atoms with van der Waals surface area (Å²) in [4.78, 5) is 36.2. The second kappa shape index (κ2) is 9.36. The summed E-state index contributed by atoms with van der Waals surface area (Å²) in [5.74, 6) is -2.63. The van der Waals surface area contributed by atoms with Gasteiger partial charge in [-0.25, -0.2) is 14.6 Å². The van der Waals surface area contributed by atoms with E-state index in [0.29, 0.717) is 17.7 Å². The molecule has 1 heterocycles. The maximum atomic E-state index is 11.9. The summed E-state index contributed by atoms with van der Waals surface area (Å²) < 4.78 is 38.2. The Bertz CT molecular complexity index is 800. The lowest BCUT2D eigenvalue weighted by Crippen LogP contribution is -2.24. The molecule has 8 nitrogen and oxygen atoms in total. The number of alkyl halides is 3. The summed E-state index contributed by atoms with van der Waals surface area (Å²) in [6.45, 7) is 0.348. The number of methoxy groups -OCH3 is 1. The van der Waals surface area contributed by atoms with Gasteiger partial charge in [-0.2, -0.15) is 13.2 Å². The topological polar surface area (TPSA) is 111 Å². The second-order valence-electron chi connectivity index (χ2n) is 5.01. The number of imidazole rings is 1. The highest BCUT2D eigenvalue weighted by molar-refractivity contribution is 5.96. The molecule has 0 bridgehead atoms. The highest BCUT2D eigenvalue weighted by atomic mass is 19.4. The molecule has 0 aliphatic rings. The van der Waals surface area contributed by atoms with E-state index in [9.17, 15) is 22.8 Å². The molecular formula is C16H16F3N3O5. The summed E-state index contributed by atoms with van der Waals surface area (Å²) in [7, 11) is 3.18. The number of carbonyl (C=O) groups excluding carboxylic acids is 2. The Balaban J connectivity index is 0.000000445. The molecular weight excluding hydrogens is 371 g/mol. The summed E-state index contributed by atoms with van der Waals surface area (Å²) >= 11 is 0. The molecule has 27 heavy (non-hydrogen) atoms. The van der Waals surface area contributed by atoms with Crippen molar-refractivity contribution in [1.29, 1.82) is 0 Å². The van der Waals surface area contributed by atoms with Crippen LogP contribution in [0.1, 0.15) is 26.5 Å². The van der Waals surface area contributed by atoms with Crippen LogP contribution in [0.5, 0.6) is 0 Å². The summed E-state index contributed by atoms with van der Waals surface area (Å²) in [5, 5.41) is 9.89. The number of hydrogen-bond donors (Lipinski definition) is 2. The molecule has 1 aromatic heterocycles. The lowest BCUT2D eigenvalue weighted by molar-refractivity contribution is -0.192. The number of aryl methyl sites for hydroxylation is 1. The Hall–Kier alpha value is -3.37. The normalized spacial score (nSPS) is 10.4. The van der Waals surface area contributed by atoms with Gasteiger partial charge in [0.2, 0.25) is 0 Å². The predicted octanol–water partition coefficient (Wildman–Crippen LogP) is 1.77. The number of ether oxygens (including phenoxy) is 1. The number of hydrogen-bond acceptors (Lipinski definition) is 5. The molecule has 0 aliphatic heterocycles. The fourth-order valence-corrected chi connectivity index (χ4v) is 1.70. The number of carboxylic acid groups (broad SMARTS) is 1. The van der Waals surface area contributed by atoms with E-state index >= 15 is 0 Å². The number of rotatable bonds is 4. The van der Waals surface area contributed by atoms with Crippen LogP contribution in [0.4, 0.5) is 13.2 Å². The van der Waals surface area contributed by atoms with Gasteiger partial charge in [-0.1, -0.05) is 0 Å². The van der Waals surface area contributed by atoms with Crippen molar-refractivity contribution in [2.75, 3.05) is 7.11 Å². The lowest BCUT2D eigenvalue weighted by atomic mass is 10.1. The van der Waals surface area contributed by atoms with Gasteiger partial charge in [-0.15, -0.1) is 0 Å². The summed E-state index contributed by atoms with van der Waals surface area (Å²) in [5.41, 5.74) is 0.889. The largest absolute Gasteiger partial charge is 0.490 e. The molecule has 0 fully saturated rings. The highest BCUT2D eigenvalue weighted by Gasteiger charge is 2.38. The molecule has 2 aromatic rings. The number of benzene rings is 1. The molecule has 11 heteroatoms. The van der Waals surface area contributed by atoms with Crippen molar-refractivity contribution < 1.29 is 37.4 Å². The minimum Gasteiger partial charge on any atom is -0.475 e. The number of halogens is 3. The number of aromatic nitrogens is 2. The number of carbonyl (C=O) groups is 3. The van der Waals surface area contributed by atoms with Gasteiger partial charge in [0.1, 0.15) is 5.82 Å². The van der Waals surface area contributed by atoms with Gasteiger partial charge >= 0.3 is 18.1 Å². The molecule has 1 amide bonds. The van der Waals surface area contributed by atoms with Crippen molar-refractivity contribution in [3.8, 4) is 0 Å². The van der Waals surface area contributed by atoms with Gasteiger partial charge in [0.15, 0.2) is 0 Å². The Morgan fingerprint density at radius 3 is 2.11 bits per heavy atom. The third kappa shape index (κ3) is 6.80. The predicted molar refractivity (Wildman–Crippen MR) is 85.9 cm³/mol. The molecule has 0 radical (unpaired) electrons. The number of aliphatic carboxylic acids is 1. The number of esters is 1. The molecule has 2 N–H and O–H groups in total. The van der Waals surface area contributed by atoms with E-state index in [1.807, 2.05) is 17.8 Å². The van der Waals surface area contributed by atoms with Gasteiger partial charge in [0.05, 0.1) is 19.2 Å². The Morgan fingerprint density at radius 1 is 1.19 bits per heavy atom. The zero-order valence-electron chi connectivity index (χ0n) is 14.3. The SMILES string of the molecule is COC(=O)c1ccc(C(=O)NCc2nccn2C)cc1.O=C(O)C(F)(F)F. The first-order valence-electron chi connectivity index (χ1n) is 7.29. The van der Waals surface area contributed by atoms with E-state index in [0.717, 1.165) is 5.82 Å². The van der Waals surface area contributed by atoms with Crippen molar-refractivity contribution in [2.24, 2.45) is 7.05 Å². The van der Waals surface area contributed by atoms with Gasteiger partial charge < -0.3 is 19.7 Å². The van der Waals surface area contributed by atoms with Crippen molar-refractivity contribution in [2.45, 2.75) is 12.7 Å². The molecule has 0 saturated carbocycles. The standard InChI is InChI=1S/C14H15N3O3.C2HF3O2/c1-17-8-7-15-12(17)9-16-13(18)10-3-5-11(6-4-10)14(19)20-2;3-2(4,5)1(6)7/h3-8H,9H2,1-2H3,(H,16,18);(H,6,7). The maximum absolute atomic E-state index is 11.9.